The molecule has 0 aliphatic heterocycles. The molecule has 1 aromatic rings. The van der Waals surface area contributed by atoms with E-state index in [2.05, 4.69) is 11.2 Å². The number of aldehydes is 1. The highest BCUT2D eigenvalue weighted by Gasteiger charge is 2.28. The number of ether oxygens (including phenoxy) is 1. The molecule has 0 radical (unpaired) electrons. The zero-order valence-corrected chi connectivity index (χ0v) is 7.04. The summed E-state index contributed by atoms with van der Waals surface area (Å²) in [6, 6.07) is 5.36. The first-order chi connectivity index (χ1) is 6.57. The molecule has 0 spiro atoms. The quantitative estimate of drug-likeness (QED) is 0.546. The van der Waals surface area contributed by atoms with Crippen LogP contribution >= 0.6 is 0 Å². The van der Waals surface area contributed by atoms with Gasteiger partial charge in [0.1, 0.15) is 12.0 Å². The minimum absolute atomic E-state index is 0.141. The Balaban J connectivity index is 2.88. The largest absolute Gasteiger partial charge is 0.468 e. The van der Waals surface area contributed by atoms with Gasteiger partial charge in [-0.25, -0.2) is 0 Å². The maximum atomic E-state index is 12.5. The van der Waals surface area contributed by atoms with Gasteiger partial charge in [-0.1, -0.05) is 12.1 Å². The molecule has 72 valence electrons. The first-order valence-corrected chi connectivity index (χ1v) is 3.67. The molecule has 0 bridgehead atoms. The lowest BCUT2D eigenvalue weighted by molar-refractivity contribution is -0.122. The third-order valence-corrected chi connectivity index (χ3v) is 1.41. The normalized spacial score (nSPS) is 10.4. The van der Waals surface area contributed by atoms with Crippen molar-refractivity contribution in [3.8, 4) is 18.1 Å². The number of hydrogen-bond acceptors (Lipinski definition) is 2. The van der Waals surface area contributed by atoms with E-state index < -0.39 is 6.11 Å². The van der Waals surface area contributed by atoms with Gasteiger partial charge in [-0.15, -0.1) is 6.42 Å². The van der Waals surface area contributed by atoms with Crippen molar-refractivity contribution in [1.82, 2.24) is 0 Å². The number of alkyl halides is 2. The zero-order chi connectivity index (χ0) is 10.6. The molecule has 0 aromatic heterocycles. The Kier molecular flexibility index (Phi) is 2.82. The van der Waals surface area contributed by atoms with Gasteiger partial charge < -0.3 is 4.74 Å². The maximum absolute atomic E-state index is 12.5. The predicted molar refractivity (Wildman–Crippen MR) is 46.2 cm³/mol. The van der Waals surface area contributed by atoms with E-state index >= 15 is 0 Å². The molecular weight excluding hydrogens is 190 g/mol. The Labute approximate surface area is 79.5 Å². The van der Waals surface area contributed by atoms with E-state index in [1.807, 2.05) is 0 Å². The number of halogens is 2. The molecule has 0 aliphatic carbocycles. The molecular formula is C10H6F2O2. The molecule has 0 heterocycles. The predicted octanol–water partition coefficient (Wildman–Crippen LogP) is 2.10. The average Bonchev–Trinajstić information content (AvgIpc) is 2.17. The second-order valence-corrected chi connectivity index (χ2v) is 2.45. The van der Waals surface area contributed by atoms with Gasteiger partial charge in [0, 0.05) is 11.5 Å². The lowest BCUT2D eigenvalue weighted by Crippen LogP contribution is -2.21. The summed E-state index contributed by atoms with van der Waals surface area (Å²) < 4.78 is 29.2. The van der Waals surface area contributed by atoms with Crippen molar-refractivity contribution in [2.24, 2.45) is 0 Å². The van der Waals surface area contributed by atoms with E-state index in [1.165, 1.54) is 30.2 Å². The highest BCUT2D eigenvalue weighted by Crippen LogP contribution is 2.21. The van der Waals surface area contributed by atoms with Crippen LogP contribution in [0.5, 0.6) is 5.75 Å². The third kappa shape index (κ3) is 2.56. The smallest absolute Gasteiger partial charge is 0.423 e. The molecule has 0 fully saturated rings. The van der Waals surface area contributed by atoms with Gasteiger partial charge in [0.05, 0.1) is 0 Å². The van der Waals surface area contributed by atoms with Gasteiger partial charge in [-0.2, -0.15) is 8.78 Å². The van der Waals surface area contributed by atoms with Gasteiger partial charge in [0.25, 0.3) is 0 Å². The highest BCUT2D eigenvalue weighted by molar-refractivity contribution is 5.75. The van der Waals surface area contributed by atoms with E-state index in [0.717, 1.165) is 0 Å². The first-order valence-electron chi connectivity index (χ1n) is 3.67. The summed E-state index contributed by atoms with van der Waals surface area (Å²) in [7, 11) is 0. The Hall–Kier alpha value is -1.89. The van der Waals surface area contributed by atoms with Crippen molar-refractivity contribution in [3.63, 3.8) is 0 Å². The summed E-state index contributed by atoms with van der Waals surface area (Å²) in [5, 5.41) is 0. The summed E-state index contributed by atoms with van der Waals surface area (Å²) in [6.45, 7) is 0. The fraction of sp³-hybridized carbons (Fsp3) is 0.100. The van der Waals surface area contributed by atoms with Crippen LogP contribution in [0.4, 0.5) is 8.78 Å². The van der Waals surface area contributed by atoms with E-state index in [0.29, 0.717) is 6.29 Å². The summed E-state index contributed by atoms with van der Waals surface area (Å²) in [5.41, 5.74) is 0.246. The third-order valence-electron chi connectivity index (χ3n) is 1.41. The van der Waals surface area contributed by atoms with Gasteiger partial charge in [-0.05, 0) is 12.1 Å². The van der Waals surface area contributed by atoms with Crippen LogP contribution in [0.3, 0.4) is 0 Å². The van der Waals surface area contributed by atoms with Gasteiger partial charge in [-0.3, -0.25) is 4.79 Å². The van der Waals surface area contributed by atoms with Crippen LogP contribution in [0.1, 0.15) is 10.4 Å². The molecule has 0 unspecified atom stereocenters. The van der Waals surface area contributed by atoms with Crippen LogP contribution in [0.2, 0.25) is 0 Å². The van der Waals surface area contributed by atoms with E-state index in [9.17, 15) is 13.6 Å². The number of hydrogen-bond donors (Lipinski definition) is 0. The molecule has 1 rings (SSSR count). The van der Waals surface area contributed by atoms with Gasteiger partial charge in [0.15, 0.2) is 0 Å². The number of benzene rings is 1. The number of terminal acetylenes is 1. The molecule has 0 N–H and O–H groups in total. The molecule has 0 amide bonds. The Morgan fingerprint density at radius 1 is 1.50 bits per heavy atom. The molecule has 1 aromatic carbocycles. The lowest BCUT2D eigenvalue weighted by atomic mass is 10.2. The Morgan fingerprint density at radius 2 is 2.21 bits per heavy atom. The zero-order valence-electron chi connectivity index (χ0n) is 7.04. The van der Waals surface area contributed by atoms with Crippen molar-refractivity contribution < 1.29 is 18.3 Å². The van der Waals surface area contributed by atoms with Crippen LogP contribution in [0, 0.1) is 12.3 Å². The maximum Gasteiger partial charge on any atom is 0.468 e. The molecule has 0 saturated heterocycles. The Morgan fingerprint density at radius 3 is 2.79 bits per heavy atom. The summed E-state index contributed by atoms with van der Waals surface area (Å²) in [5.74, 6) is 1.04. The summed E-state index contributed by atoms with van der Waals surface area (Å²) in [6.07, 6.45) is 1.41. The van der Waals surface area contributed by atoms with Crippen molar-refractivity contribution in [1.29, 1.82) is 0 Å². The highest BCUT2D eigenvalue weighted by atomic mass is 19.3. The first kappa shape index (κ1) is 10.2. The molecule has 2 nitrogen and oxygen atoms in total. The Bertz CT molecular complexity index is 380. The second kappa shape index (κ2) is 3.88. The van der Waals surface area contributed by atoms with Crippen LogP contribution in [-0.2, 0) is 0 Å². The molecule has 14 heavy (non-hydrogen) atoms. The summed E-state index contributed by atoms with van der Waals surface area (Å²) >= 11 is 0. The van der Waals surface area contributed by atoms with E-state index in [4.69, 9.17) is 0 Å². The van der Waals surface area contributed by atoms with Crippen LogP contribution < -0.4 is 4.74 Å². The topological polar surface area (TPSA) is 26.3 Å². The molecule has 0 saturated carbocycles. The minimum atomic E-state index is -3.65. The fourth-order valence-electron chi connectivity index (χ4n) is 0.829. The minimum Gasteiger partial charge on any atom is -0.423 e. The number of rotatable bonds is 3. The van der Waals surface area contributed by atoms with Gasteiger partial charge >= 0.3 is 6.11 Å². The van der Waals surface area contributed by atoms with E-state index in [-0.39, 0.29) is 11.3 Å². The van der Waals surface area contributed by atoms with Crippen molar-refractivity contribution in [2.45, 2.75) is 6.11 Å². The number of carbonyl (C=O) groups excluding carboxylic acids is 1. The van der Waals surface area contributed by atoms with Crippen LogP contribution in [-0.4, -0.2) is 12.4 Å². The van der Waals surface area contributed by atoms with Crippen LogP contribution in [0.25, 0.3) is 0 Å². The fourth-order valence-corrected chi connectivity index (χ4v) is 0.829. The van der Waals surface area contributed by atoms with E-state index in [1.54, 1.807) is 0 Å². The summed E-state index contributed by atoms with van der Waals surface area (Å²) in [4.78, 5) is 10.3. The van der Waals surface area contributed by atoms with Crippen molar-refractivity contribution in [2.75, 3.05) is 0 Å². The second-order valence-electron chi connectivity index (χ2n) is 2.45. The molecule has 0 atom stereocenters. The molecule has 4 heteroatoms. The SMILES string of the molecule is C#CC(F)(F)Oc1cccc(C=O)c1. The molecule has 0 aliphatic rings. The monoisotopic (exact) mass is 196 g/mol. The van der Waals surface area contributed by atoms with Crippen LogP contribution in [0.15, 0.2) is 24.3 Å². The standard InChI is InChI=1S/C10H6F2O2/c1-2-10(11,12)14-9-5-3-4-8(6-9)7-13/h1,3-7H. The van der Waals surface area contributed by atoms with Gasteiger partial charge in [0.2, 0.25) is 0 Å². The van der Waals surface area contributed by atoms with Crippen molar-refractivity contribution >= 4 is 6.29 Å². The average molecular weight is 196 g/mol. The lowest BCUT2D eigenvalue weighted by Gasteiger charge is -2.11. The number of carbonyl (C=O) groups is 1. The van der Waals surface area contributed by atoms with Crippen molar-refractivity contribution in [3.05, 3.63) is 29.8 Å².